The van der Waals surface area contributed by atoms with E-state index in [9.17, 15) is 13.6 Å². The van der Waals surface area contributed by atoms with Gasteiger partial charge in [0, 0.05) is 18.0 Å². The minimum absolute atomic E-state index is 0.118. The molecule has 3 heterocycles. The van der Waals surface area contributed by atoms with Crippen molar-refractivity contribution in [1.82, 2.24) is 19.8 Å². The summed E-state index contributed by atoms with van der Waals surface area (Å²) in [5, 5.41) is 7.99. The lowest BCUT2D eigenvalue weighted by molar-refractivity contribution is -0.156. The number of halogens is 3. The van der Waals surface area contributed by atoms with Crippen LogP contribution >= 0.6 is 23.8 Å². The highest BCUT2D eigenvalue weighted by Gasteiger charge is 2.45. The van der Waals surface area contributed by atoms with Crippen molar-refractivity contribution in [3.8, 4) is 11.4 Å². The maximum Gasteiger partial charge on any atom is 0.487 e. The molecule has 4 rings (SSSR count). The SMILES string of the molecule is O=C1C[C@H](n2nnn(-c3ccc(OC(F)(F)Cl)cc3)c2=S)[C@H]2CO[C@@H]1O2. The van der Waals surface area contributed by atoms with Crippen LogP contribution in [-0.4, -0.2) is 50.1 Å². The van der Waals surface area contributed by atoms with Gasteiger partial charge in [-0.2, -0.15) is 4.68 Å². The Bertz CT molecular complexity index is 898. The molecule has 2 saturated heterocycles. The van der Waals surface area contributed by atoms with E-state index in [0.717, 1.165) is 0 Å². The van der Waals surface area contributed by atoms with Crippen molar-refractivity contribution in [2.75, 3.05) is 6.61 Å². The molecular weight excluding hydrogens is 394 g/mol. The molecule has 2 aromatic rings. The van der Waals surface area contributed by atoms with E-state index in [-0.39, 0.29) is 35.4 Å². The van der Waals surface area contributed by atoms with Crippen LogP contribution in [0.2, 0.25) is 0 Å². The third kappa shape index (κ3) is 3.22. The van der Waals surface area contributed by atoms with Gasteiger partial charge >= 0.3 is 5.57 Å². The molecule has 3 atom stereocenters. The Morgan fingerprint density at radius 3 is 2.73 bits per heavy atom. The number of hydrogen-bond acceptors (Lipinski definition) is 7. The predicted octanol–water partition coefficient (Wildman–Crippen LogP) is 2.22. The van der Waals surface area contributed by atoms with Crippen molar-refractivity contribution in [3.63, 3.8) is 0 Å². The van der Waals surface area contributed by atoms with Crippen LogP contribution in [0.25, 0.3) is 5.69 Å². The number of hydrogen-bond donors (Lipinski definition) is 0. The van der Waals surface area contributed by atoms with Crippen LogP contribution in [-0.2, 0) is 14.3 Å². The van der Waals surface area contributed by atoms with Crippen LogP contribution in [0.3, 0.4) is 0 Å². The molecule has 0 saturated carbocycles. The summed E-state index contributed by atoms with van der Waals surface area (Å²) in [5.74, 6) is -0.295. The summed E-state index contributed by atoms with van der Waals surface area (Å²) in [4.78, 5) is 11.9. The Balaban J connectivity index is 1.60. The molecule has 138 valence electrons. The number of carbonyl (C=O) groups is 1. The molecule has 0 unspecified atom stereocenters. The van der Waals surface area contributed by atoms with Crippen molar-refractivity contribution in [2.45, 2.75) is 30.4 Å². The highest BCUT2D eigenvalue weighted by Crippen LogP contribution is 2.32. The van der Waals surface area contributed by atoms with E-state index in [1.807, 2.05) is 0 Å². The molecule has 2 aliphatic rings. The van der Waals surface area contributed by atoms with Crippen molar-refractivity contribution >= 4 is 29.6 Å². The third-order valence-corrected chi connectivity index (χ3v) is 4.48. The van der Waals surface area contributed by atoms with Crippen LogP contribution < -0.4 is 4.74 Å². The predicted molar refractivity (Wildman–Crippen MR) is 84.9 cm³/mol. The van der Waals surface area contributed by atoms with Gasteiger partial charge in [-0.1, -0.05) is 0 Å². The first kappa shape index (κ1) is 17.5. The van der Waals surface area contributed by atoms with Gasteiger partial charge < -0.3 is 14.2 Å². The second-order valence-electron chi connectivity index (χ2n) is 5.74. The Morgan fingerprint density at radius 1 is 1.31 bits per heavy atom. The number of tetrazole rings is 1. The molecule has 8 nitrogen and oxygen atoms in total. The molecule has 12 heteroatoms. The van der Waals surface area contributed by atoms with Crippen LogP contribution in [0.15, 0.2) is 24.3 Å². The van der Waals surface area contributed by atoms with Crippen LogP contribution in [0, 0.1) is 4.77 Å². The molecule has 0 spiro atoms. The first-order valence-corrected chi connectivity index (χ1v) is 8.31. The second kappa shape index (κ2) is 6.34. The van der Waals surface area contributed by atoms with Crippen molar-refractivity contribution in [2.24, 2.45) is 0 Å². The number of rotatable bonds is 4. The van der Waals surface area contributed by atoms with Gasteiger partial charge in [0.15, 0.2) is 5.78 Å². The fraction of sp³-hybridized carbons (Fsp3) is 0.429. The fourth-order valence-corrected chi connectivity index (χ4v) is 3.29. The largest absolute Gasteiger partial charge is 0.487 e. The highest BCUT2D eigenvalue weighted by molar-refractivity contribution is 7.71. The number of fused-ring (bicyclic) bond motifs is 2. The number of carbonyl (C=O) groups excluding carboxylic acids is 1. The molecule has 2 aliphatic heterocycles. The number of Topliss-reactive ketones (excluding diaryl/α,β-unsaturated/α-hetero) is 1. The van der Waals surface area contributed by atoms with Gasteiger partial charge in [0.05, 0.1) is 18.3 Å². The van der Waals surface area contributed by atoms with E-state index < -0.39 is 17.9 Å². The molecule has 0 amide bonds. The van der Waals surface area contributed by atoms with Crippen molar-refractivity contribution < 1.29 is 27.8 Å². The van der Waals surface area contributed by atoms with E-state index in [0.29, 0.717) is 5.69 Å². The topological polar surface area (TPSA) is 80.4 Å². The van der Waals surface area contributed by atoms with Gasteiger partial charge in [-0.3, -0.25) is 4.79 Å². The Morgan fingerprint density at radius 2 is 2.04 bits per heavy atom. The summed E-state index contributed by atoms with van der Waals surface area (Å²) < 4.78 is 43.3. The standard InChI is InChI=1S/C14H11ClF2N4O4S/c15-14(16,17)25-8-3-1-7(2-4-8)20-13(26)21(19-18-20)9-5-10(22)12-23-6-11(9)24-12/h1-4,9,11-12H,5-6H2/t9-,11+,12+/m0/s1. The van der Waals surface area contributed by atoms with E-state index in [2.05, 4.69) is 15.2 Å². The first-order chi connectivity index (χ1) is 12.3. The number of ether oxygens (including phenoxy) is 3. The fourth-order valence-electron chi connectivity index (χ4n) is 2.88. The number of nitrogens with zero attached hydrogens (tertiary/aromatic N) is 4. The summed E-state index contributed by atoms with van der Waals surface area (Å²) in [7, 11) is 0. The average Bonchev–Trinajstić information content (AvgIpc) is 3.16. The van der Waals surface area contributed by atoms with Crippen molar-refractivity contribution in [1.29, 1.82) is 0 Å². The monoisotopic (exact) mass is 404 g/mol. The number of alkyl halides is 3. The summed E-state index contributed by atoms with van der Waals surface area (Å²) in [6.45, 7) is 0.272. The normalized spacial score (nSPS) is 25.5. The van der Waals surface area contributed by atoms with E-state index in [1.165, 1.54) is 33.6 Å². The summed E-state index contributed by atoms with van der Waals surface area (Å²) >= 11 is 10.1. The Hall–Kier alpha value is -1.95. The van der Waals surface area contributed by atoms with Crippen LogP contribution in [0.4, 0.5) is 8.78 Å². The quantitative estimate of drug-likeness (QED) is 0.571. The maximum absolute atomic E-state index is 12.7. The molecule has 0 N–H and O–H groups in total. The van der Waals surface area contributed by atoms with Crippen LogP contribution in [0.5, 0.6) is 5.75 Å². The zero-order valence-electron chi connectivity index (χ0n) is 12.9. The molecule has 2 fully saturated rings. The summed E-state index contributed by atoms with van der Waals surface area (Å²) in [5.41, 5.74) is -3.31. The zero-order valence-corrected chi connectivity index (χ0v) is 14.5. The lowest BCUT2D eigenvalue weighted by Crippen LogP contribution is -2.37. The average molecular weight is 405 g/mol. The van der Waals surface area contributed by atoms with E-state index >= 15 is 0 Å². The Kier molecular flexibility index (Phi) is 4.26. The highest BCUT2D eigenvalue weighted by atomic mass is 35.5. The minimum atomic E-state index is -3.80. The summed E-state index contributed by atoms with van der Waals surface area (Å²) in [6.07, 6.45) is -0.968. The van der Waals surface area contributed by atoms with Crippen LogP contribution in [0.1, 0.15) is 12.5 Å². The third-order valence-electron chi connectivity index (χ3n) is 4.04. The van der Waals surface area contributed by atoms with Gasteiger partial charge in [0.2, 0.25) is 11.1 Å². The molecule has 26 heavy (non-hydrogen) atoms. The molecule has 0 radical (unpaired) electrons. The molecule has 0 aliphatic carbocycles. The van der Waals surface area contributed by atoms with Gasteiger partial charge in [0.1, 0.15) is 11.9 Å². The smallest absolute Gasteiger partial charge is 0.420 e. The summed E-state index contributed by atoms with van der Waals surface area (Å²) in [6, 6.07) is 5.14. The first-order valence-electron chi connectivity index (χ1n) is 7.52. The molecule has 1 aromatic heterocycles. The van der Waals surface area contributed by atoms with Crippen molar-refractivity contribution in [3.05, 3.63) is 29.0 Å². The lowest BCUT2D eigenvalue weighted by atomic mass is 10.0. The van der Waals surface area contributed by atoms with E-state index in [4.69, 9.17) is 33.3 Å². The number of ketones is 1. The van der Waals surface area contributed by atoms with E-state index in [1.54, 1.807) is 0 Å². The van der Waals surface area contributed by atoms with Gasteiger partial charge in [-0.25, -0.2) is 4.68 Å². The van der Waals surface area contributed by atoms with Gasteiger partial charge in [-0.15, -0.1) is 8.78 Å². The molecule has 2 bridgehead atoms. The van der Waals surface area contributed by atoms with Gasteiger partial charge in [0.25, 0.3) is 0 Å². The van der Waals surface area contributed by atoms with Gasteiger partial charge in [-0.05, 0) is 46.9 Å². The zero-order chi connectivity index (χ0) is 18.5. The Labute approximate surface area is 155 Å². The second-order valence-corrected chi connectivity index (χ2v) is 6.54. The maximum atomic E-state index is 12.7. The molecule has 1 aromatic carbocycles. The minimum Gasteiger partial charge on any atom is -0.420 e. The molecular formula is C14H11ClF2N4O4S. The number of benzene rings is 1. The lowest BCUT2D eigenvalue weighted by Gasteiger charge is -2.25. The number of aromatic nitrogens is 4.